The smallest absolute Gasteiger partial charge is 0.126 e. The van der Waals surface area contributed by atoms with Crippen molar-refractivity contribution < 1.29 is 4.39 Å². The Hall–Kier alpha value is -0.600. The second-order valence-corrected chi connectivity index (χ2v) is 5.61. The van der Waals surface area contributed by atoms with Gasteiger partial charge in [-0.15, -0.1) is 0 Å². The van der Waals surface area contributed by atoms with Gasteiger partial charge >= 0.3 is 0 Å². The summed E-state index contributed by atoms with van der Waals surface area (Å²) in [5.74, 6) is 0.670. The van der Waals surface area contributed by atoms with Gasteiger partial charge in [0.25, 0.3) is 0 Å². The molecule has 1 N–H and O–H groups in total. The van der Waals surface area contributed by atoms with Crippen molar-refractivity contribution >= 4 is 11.6 Å². The van der Waals surface area contributed by atoms with E-state index in [1.54, 1.807) is 12.1 Å². The fraction of sp³-hybridized carbons (Fsp3) is 0.600. The third kappa shape index (κ3) is 3.96. The highest BCUT2D eigenvalue weighted by Crippen LogP contribution is 2.34. The molecule has 1 unspecified atom stereocenters. The monoisotopic (exact) mass is 269 g/mol. The predicted molar refractivity (Wildman–Crippen MR) is 74.5 cm³/mol. The van der Waals surface area contributed by atoms with Gasteiger partial charge in [-0.3, -0.25) is 0 Å². The van der Waals surface area contributed by atoms with Gasteiger partial charge in [-0.1, -0.05) is 18.5 Å². The lowest BCUT2D eigenvalue weighted by atomic mass is 10.0. The molecule has 0 radical (unpaired) electrons. The van der Waals surface area contributed by atoms with Crippen LogP contribution in [0.2, 0.25) is 5.02 Å². The lowest BCUT2D eigenvalue weighted by Crippen LogP contribution is -2.32. The van der Waals surface area contributed by atoms with Gasteiger partial charge < -0.3 is 5.32 Å². The van der Waals surface area contributed by atoms with E-state index in [-0.39, 0.29) is 5.82 Å². The Labute approximate surface area is 114 Å². The van der Waals surface area contributed by atoms with Crippen LogP contribution in [-0.4, -0.2) is 12.6 Å². The molecule has 0 heterocycles. The minimum atomic E-state index is -0.135. The highest BCUT2D eigenvalue weighted by atomic mass is 35.5. The lowest BCUT2D eigenvalue weighted by molar-refractivity contribution is 0.432. The maximum Gasteiger partial charge on any atom is 0.126 e. The Morgan fingerprint density at radius 3 is 2.89 bits per heavy atom. The molecule has 1 fully saturated rings. The van der Waals surface area contributed by atoms with E-state index in [1.807, 2.05) is 0 Å². The Kier molecular flexibility index (Phi) is 5.02. The van der Waals surface area contributed by atoms with E-state index in [2.05, 4.69) is 12.2 Å². The van der Waals surface area contributed by atoms with Crippen molar-refractivity contribution in [1.29, 1.82) is 0 Å². The number of hydrogen-bond donors (Lipinski definition) is 1. The molecule has 1 aromatic rings. The molecular formula is C15H21ClFN. The zero-order chi connectivity index (χ0) is 13.0. The quantitative estimate of drug-likeness (QED) is 0.783. The summed E-state index contributed by atoms with van der Waals surface area (Å²) in [5.41, 5.74) is 0.742. The number of benzene rings is 1. The molecule has 1 atom stereocenters. The van der Waals surface area contributed by atoms with Crippen LogP contribution < -0.4 is 5.32 Å². The molecule has 1 aliphatic carbocycles. The van der Waals surface area contributed by atoms with Crippen LogP contribution in [-0.2, 0) is 6.42 Å². The van der Waals surface area contributed by atoms with Gasteiger partial charge in [-0.25, -0.2) is 4.39 Å². The van der Waals surface area contributed by atoms with Crippen molar-refractivity contribution in [3.63, 3.8) is 0 Å². The van der Waals surface area contributed by atoms with Crippen molar-refractivity contribution in [2.45, 2.75) is 45.1 Å². The summed E-state index contributed by atoms with van der Waals surface area (Å²) in [6.45, 7) is 3.23. The highest BCUT2D eigenvalue weighted by Gasteiger charge is 2.30. The van der Waals surface area contributed by atoms with E-state index in [1.165, 1.54) is 18.9 Å². The Bertz CT molecular complexity index is 390. The van der Waals surface area contributed by atoms with Gasteiger partial charge in [-0.2, -0.15) is 0 Å². The predicted octanol–water partition coefficient (Wildman–Crippen LogP) is 4.19. The average Bonchev–Trinajstić information content (AvgIpc) is 3.17. The van der Waals surface area contributed by atoms with Crippen LogP contribution in [0.4, 0.5) is 4.39 Å². The molecule has 1 aromatic carbocycles. The van der Waals surface area contributed by atoms with Crippen LogP contribution in [0.1, 0.15) is 38.2 Å². The minimum Gasteiger partial charge on any atom is -0.314 e. The summed E-state index contributed by atoms with van der Waals surface area (Å²) in [5, 5.41) is 4.20. The van der Waals surface area contributed by atoms with Crippen molar-refractivity contribution in [3.8, 4) is 0 Å². The van der Waals surface area contributed by atoms with Gasteiger partial charge in [0, 0.05) is 11.1 Å². The van der Waals surface area contributed by atoms with Crippen molar-refractivity contribution in [2.24, 2.45) is 5.92 Å². The summed E-state index contributed by atoms with van der Waals surface area (Å²) in [6.07, 6.45) is 5.56. The van der Waals surface area contributed by atoms with Crippen LogP contribution in [0.25, 0.3) is 0 Å². The third-order valence-electron chi connectivity index (χ3n) is 3.58. The average molecular weight is 270 g/mol. The SMILES string of the molecule is CCCNC(CCc1cc(Cl)ccc1F)C1CC1. The van der Waals surface area contributed by atoms with E-state index in [4.69, 9.17) is 11.6 Å². The molecule has 0 saturated heterocycles. The standard InChI is InChI=1S/C15H21ClFN/c1-2-9-18-15(11-3-4-11)8-5-12-10-13(16)6-7-14(12)17/h6-7,10-11,15,18H,2-5,8-9H2,1H3. The first kappa shape index (κ1) is 13.8. The van der Waals surface area contributed by atoms with Crippen molar-refractivity contribution in [3.05, 3.63) is 34.6 Å². The van der Waals surface area contributed by atoms with E-state index in [9.17, 15) is 4.39 Å². The van der Waals surface area contributed by atoms with Crippen LogP contribution in [0.5, 0.6) is 0 Å². The first-order valence-corrected chi connectivity index (χ1v) is 7.25. The molecule has 1 saturated carbocycles. The molecule has 2 rings (SSSR count). The second kappa shape index (κ2) is 6.53. The van der Waals surface area contributed by atoms with Gasteiger partial charge in [0.1, 0.15) is 5.82 Å². The van der Waals surface area contributed by atoms with Gasteiger partial charge in [0.15, 0.2) is 0 Å². The molecule has 0 bridgehead atoms. The van der Waals surface area contributed by atoms with Crippen LogP contribution in [0.3, 0.4) is 0 Å². The molecule has 1 aliphatic rings. The summed E-state index contributed by atoms with van der Waals surface area (Å²) >= 11 is 5.91. The molecule has 100 valence electrons. The minimum absolute atomic E-state index is 0.135. The van der Waals surface area contributed by atoms with Gasteiger partial charge in [0.05, 0.1) is 0 Å². The van der Waals surface area contributed by atoms with Crippen LogP contribution >= 0.6 is 11.6 Å². The van der Waals surface area contributed by atoms with Gasteiger partial charge in [0.2, 0.25) is 0 Å². The molecule has 18 heavy (non-hydrogen) atoms. The maximum absolute atomic E-state index is 13.6. The molecule has 0 aromatic heterocycles. The van der Waals surface area contributed by atoms with E-state index >= 15 is 0 Å². The van der Waals surface area contributed by atoms with Crippen LogP contribution in [0.15, 0.2) is 18.2 Å². The zero-order valence-electron chi connectivity index (χ0n) is 10.9. The van der Waals surface area contributed by atoms with E-state index in [0.717, 1.165) is 37.3 Å². The molecule has 1 nitrogen and oxygen atoms in total. The summed E-state index contributed by atoms with van der Waals surface area (Å²) in [7, 11) is 0. The highest BCUT2D eigenvalue weighted by molar-refractivity contribution is 6.30. The van der Waals surface area contributed by atoms with E-state index < -0.39 is 0 Å². The third-order valence-corrected chi connectivity index (χ3v) is 3.82. The lowest BCUT2D eigenvalue weighted by Gasteiger charge is -2.18. The Morgan fingerprint density at radius 1 is 1.44 bits per heavy atom. The second-order valence-electron chi connectivity index (χ2n) is 5.17. The largest absolute Gasteiger partial charge is 0.314 e. The first-order chi connectivity index (χ1) is 8.70. The molecule has 3 heteroatoms. The van der Waals surface area contributed by atoms with Crippen molar-refractivity contribution in [2.75, 3.05) is 6.54 Å². The number of aryl methyl sites for hydroxylation is 1. The molecule has 0 amide bonds. The van der Waals surface area contributed by atoms with E-state index in [0.29, 0.717) is 11.1 Å². The van der Waals surface area contributed by atoms with Gasteiger partial charge in [-0.05, 0) is 68.3 Å². The summed E-state index contributed by atoms with van der Waals surface area (Å²) in [4.78, 5) is 0. The number of halogens is 2. The van der Waals surface area contributed by atoms with Crippen molar-refractivity contribution in [1.82, 2.24) is 5.32 Å². The first-order valence-electron chi connectivity index (χ1n) is 6.88. The summed E-state index contributed by atoms with van der Waals surface area (Å²) in [6, 6.07) is 5.36. The topological polar surface area (TPSA) is 12.0 Å². The normalized spacial score (nSPS) is 16.8. The Balaban J connectivity index is 1.89. The maximum atomic E-state index is 13.6. The molecule has 0 spiro atoms. The fourth-order valence-electron chi connectivity index (χ4n) is 2.38. The Morgan fingerprint density at radius 2 is 2.22 bits per heavy atom. The summed E-state index contributed by atoms with van der Waals surface area (Å²) < 4.78 is 13.6. The molecule has 0 aliphatic heterocycles. The molecular weight excluding hydrogens is 249 g/mol. The number of rotatable bonds is 7. The van der Waals surface area contributed by atoms with Crippen LogP contribution in [0, 0.1) is 11.7 Å². The number of hydrogen-bond acceptors (Lipinski definition) is 1. The zero-order valence-corrected chi connectivity index (χ0v) is 11.6. The number of nitrogens with one attached hydrogen (secondary N) is 1. The fourth-order valence-corrected chi connectivity index (χ4v) is 2.57.